The van der Waals surface area contributed by atoms with Gasteiger partial charge in [-0.15, -0.1) is 0 Å². The summed E-state index contributed by atoms with van der Waals surface area (Å²) < 4.78 is 0. The Kier molecular flexibility index (Phi) is 3.18. The second kappa shape index (κ2) is 4.24. The smallest absolute Gasteiger partial charge is 0.0438 e. The highest BCUT2D eigenvalue weighted by Crippen LogP contribution is 2.39. The van der Waals surface area contributed by atoms with Gasteiger partial charge in [0, 0.05) is 9.85 Å². The first-order valence-electron chi connectivity index (χ1n) is 5.08. The van der Waals surface area contributed by atoms with Crippen LogP contribution in [0.5, 0.6) is 0 Å². The Morgan fingerprint density at radius 3 is 2.71 bits per heavy atom. The van der Waals surface area contributed by atoms with E-state index in [2.05, 4.69) is 34.1 Å². The lowest BCUT2D eigenvalue weighted by Gasteiger charge is -2.15. The molecule has 0 saturated heterocycles. The summed E-state index contributed by atoms with van der Waals surface area (Å²) in [6, 6.07) is 6.46. The molecule has 1 aliphatic rings. The van der Waals surface area contributed by atoms with Crippen LogP contribution in [0.15, 0.2) is 18.2 Å². The van der Waals surface area contributed by atoms with E-state index < -0.39 is 0 Å². The Morgan fingerprint density at radius 1 is 1.36 bits per heavy atom. The third-order valence-corrected chi connectivity index (χ3v) is 4.56. The normalized spacial score (nSPS) is 26.8. The van der Waals surface area contributed by atoms with Crippen molar-refractivity contribution >= 4 is 27.5 Å². The molecule has 0 radical (unpaired) electrons. The Hall–Kier alpha value is -0.0100. The fourth-order valence-corrected chi connectivity index (χ4v) is 3.21. The fourth-order valence-electron chi connectivity index (χ4n) is 2.13. The monoisotopic (exact) mass is 272 g/mol. The zero-order valence-electron chi connectivity index (χ0n) is 8.26. The second-order valence-electron chi connectivity index (χ2n) is 4.06. The van der Waals surface area contributed by atoms with Crippen LogP contribution in [0.25, 0.3) is 0 Å². The molecule has 76 valence electrons. The third kappa shape index (κ3) is 1.99. The minimum absolute atomic E-state index is 0.640. The molecule has 0 amide bonds. The van der Waals surface area contributed by atoms with Gasteiger partial charge in [0.05, 0.1) is 0 Å². The van der Waals surface area contributed by atoms with E-state index in [-0.39, 0.29) is 0 Å². The number of rotatable bonds is 1. The number of alkyl halides is 1. The molecule has 1 aromatic carbocycles. The van der Waals surface area contributed by atoms with E-state index in [9.17, 15) is 0 Å². The van der Waals surface area contributed by atoms with Crippen LogP contribution in [0.1, 0.15) is 36.3 Å². The highest BCUT2D eigenvalue weighted by Gasteiger charge is 2.26. The minimum Gasteiger partial charge on any atom is -0.0884 e. The van der Waals surface area contributed by atoms with Crippen LogP contribution < -0.4 is 0 Å². The van der Waals surface area contributed by atoms with E-state index in [1.165, 1.54) is 30.4 Å². The van der Waals surface area contributed by atoms with Gasteiger partial charge in [-0.25, -0.2) is 0 Å². The van der Waals surface area contributed by atoms with Crippen LogP contribution in [0.2, 0.25) is 5.02 Å². The van der Waals surface area contributed by atoms with Crippen molar-refractivity contribution in [2.24, 2.45) is 0 Å². The van der Waals surface area contributed by atoms with E-state index in [0.29, 0.717) is 10.7 Å². The zero-order valence-corrected chi connectivity index (χ0v) is 10.6. The van der Waals surface area contributed by atoms with Crippen LogP contribution in [0, 0.1) is 6.92 Å². The Balaban J connectivity index is 2.28. The lowest BCUT2D eigenvalue weighted by molar-refractivity contribution is 0.742. The maximum atomic E-state index is 6.12. The molecular formula is C12H14BrCl. The summed E-state index contributed by atoms with van der Waals surface area (Å²) >= 11 is 9.87. The molecule has 2 heteroatoms. The van der Waals surface area contributed by atoms with Crippen molar-refractivity contribution in [1.29, 1.82) is 0 Å². The van der Waals surface area contributed by atoms with E-state index >= 15 is 0 Å². The quantitative estimate of drug-likeness (QED) is 0.652. The first kappa shape index (κ1) is 10.5. The molecule has 1 saturated carbocycles. The first-order chi connectivity index (χ1) is 6.68. The molecule has 1 aliphatic carbocycles. The van der Waals surface area contributed by atoms with Crippen molar-refractivity contribution in [3.8, 4) is 0 Å². The predicted octanol–water partition coefficient (Wildman–Crippen LogP) is 4.68. The van der Waals surface area contributed by atoms with Gasteiger partial charge in [-0.1, -0.05) is 46.1 Å². The van der Waals surface area contributed by atoms with Gasteiger partial charge in [-0.05, 0) is 42.9 Å². The third-order valence-electron chi connectivity index (χ3n) is 3.06. The SMILES string of the molecule is Cc1ccc(C2CCCC2Br)cc1Cl. The van der Waals surface area contributed by atoms with Gasteiger partial charge in [0.25, 0.3) is 0 Å². The van der Waals surface area contributed by atoms with Crippen LogP contribution in [0.4, 0.5) is 0 Å². The van der Waals surface area contributed by atoms with Crippen molar-refractivity contribution in [3.05, 3.63) is 34.3 Å². The van der Waals surface area contributed by atoms with Crippen molar-refractivity contribution in [3.63, 3.8) is 0 Å². The van der Waals surface area contributed by atoms with Crippen molar-refractivity contribution in [1.82, 2.24) is 0 Å². The molecule has 0 aromatic heterocycles. The average molecular weight is 274 g/mol. The second-order valence-corrected chi connectivity index (χ2v) is 5.65. The van der Waals surface area contributed by atoms with Gasteiger partial charge in [-0.2, -0.15) is 0 Å². The largest absolute Gasteiger partial charge is 0.0884 e. The molecule has 2 unspecified atom stereocenters. The van der Waals surface area contributed by atoms with E-state index in [4.69, 9.17) is 11.6 Å². The van der Waals surface area contributed by atoms with Crippen molar-refractivity contribution in [2.45, 2.75) is 36.9 Å². The Labute approximate surface area is 98.8 Å². The average Bonchev–Trinajstić information content (AvgIpc) is 2.57. The number of aryl methyl sites for hydroxylation is 1. The molecule has 1 aromatic rings. The summed E-state index contributed by atoms with van der Waals surface area (Å²) in [5.74, 6) is 0.660. The van der Waals surface area contributed by atoms with Crippen LogP contribution in [0.3, 0.4) is 0 Å². The van der Waals surface area contributed by atoms with Crippen molar-refractivity contribution in [2.75, 3.05) is 0 Å². The van der Waals surface area contributed by atoms with Gasteiger partial charge < -0.3 is 0 Å². The molecular weight excluding hydrogens is 259 g/mol. The zero-order chi connectivity index (χ0) is 10.1. The summed E-state index contributed by atoms with van der Waals surface area (Å²) in [5.41, 5.74) is 2.56. The molecule has 0 heterocycles. The molecule has 2 rings (SSSR count). The molecule has 0 spiro atoms. The standard InChI is InChI=1S/C12H14BrCl/c1-8-5-6-9(7-12(8)14)10-3-2-4-11(10)13/h5-7,10-11H,2-4H2,1H3. The molecule has 14 heavy (non-hydrogen) atoms. The number of halogens is 2. The topological polar surface area (TPSA) is 0 Å². The van der Waals surface area contributed by atoms with Gasteiger partial charge in [0.1, 0.15) is 0 Å². The highest BCUT2D eigenvalue weighted by molar-refractivity contribution is 9.09. The summed E-state index contributed by atoms with van der Waals surface area (Å²) in [5, 5.41) is 0.897. The van der Waals surface area contributed by atoms with E-state index in [1.807, 2.05) is 6.92 Å². The molecule has 0 N–H and O–H groups in total. The van der Waals surface area contributed by atoms with E-state index in [1.54, 1.807) is 0 Å². The van der Waals surface area contributed by atoms with Crippen molar-refractivity contribution < 1.29 is 0 Å². The van der Waals surface area contributed by atoms with Gasteiger partial charge in [-0.3, -0.25) is 0 Å². The molecule has 0 nitrogen and oxygen atoms in total. The lowest BCUT2D eigenvalue weighted by atomic mass is 9.97. The summed E-state index contributed by atoms with van der Waals surface area (Å²) in [6.45, 7) is 2.05. The summed E-state index contributed by atoms with van der Waals surface area (Å²) in [4.78, 5) is 0.640. The predicted molar refractivity (Wildman–Crippen MR) is 65.5 cm³/mol. The number of hydrogen-bond donors (Lipinski definition) is 0. The Bertz CT molecular complexity index is 335. The maximum Gasteiger partial charge on any atom is 0.0438 e. The maximum absolute atomic E-state index is 6.12. The molecule has 0 bridgehead atoms. The number of hydrogen-bond acceptors (Lipinski definition) is 0. The fraction of sp³-hybridized carbons (Fsp3) is 0.500. The van der Waals surface area contributed by atoms with Crippen LogP contribution >= 0.6 is 27.5 Å². The minimum atomic E-state index is 0.640. The van der Waals surface area contributed by atoms with E-state index in [0.717, 1.165) is 5.02 Å². The van der Waals surface area contributed by atoms with Gasteiger partial charge in [0.15, 0.2) is 0 Å². The lowest BCUT2D eigenvalue weighted by Crippen LogP contribution is -2.04. The first-order valence-corrected chi connectivity index (χ1v) is 6.38. The summed E-state index contributed by atoms with van der Waals surface area (Å²) in [7, 11) is 0. The molecule has 1 fully saturated rings. The van der Waals surface area contributed by atoms with Crippen LogP contribution in [-0.4, -0.2) is 4.83 Å². The van der Waals surface area contributed by atoms with Gasteiger partial charge >= 0.3 is 0 Å². The highest BCUT2D eigenvalue weighted by atomic mass is 79.9. The molecule has 0 aliphatic heterocycles. The summed E-state index contributed by atoms with van der Waals surface area (Å²) in [6.07, 6.45) is 3.90. The Morgan fingerprint density at radius 2 is 2.14 bits per heavy atom. The number of benzene rings is 1. The van der Waals surface area contributed by atoms with Gasteiger partial charge in [0.2, 0.25) is 0 Å². The van der Waals surface area contributed by atoms with Crippen LogP contribution in [-0.2, 0) is 0 Å². The molecule has 2 atom stereocenters.